The Morgan fingerprint density at radius 1 is 0.308 bits per heavy atom. The Balaban J connectivity index is 1.07. The number of aromatic nitrogens is 4. The van der Waals surface area contributed by atoms with Crippen molar-refractivity contribution >= 4 is 87.2 Å². The van der Waals surface area contributed by atoms with Crippen LogP contribution in [0.2, 0.25) is 0 Å². The van der Waals surface area contributed by atoms with Crippen LogP contribution in [-0.4, -0.2) is 19.5 Å². The van der Waals surface area contributed by atoms with Crippen LogP contribution in [0.5, 0.6) is 0 Å². The zero-order chi connectivity index (χ0) is 42.6. The average Bonchev–Trinajstić information content (AvgIpc) is 4.05. The third-order valence-corrected chi connectivity index (χ3v) is 13.0. The van der Waals surface area contributed by atoms with Gasteiger partial charge in [0, 0.05) is 54.6 Å². The lowest BCUT2D eigenvalue weighted by molar-refractivity contribution is 0.668. The van der Waals surface area contributed by atoms with E-state index in [4.69, 9.17) is 23.8 Å². The van der Waals surface area contributed by atoms with Gasteiger partial charge in [-0.15, -0.1) is 0 Å². The lowest BCUT2D eigenvalue weighted by Gasteiger charge is -2.17. The molecule has 0 aliphatic carbocycles. The highest BCUT2D eigenvalue weighted by Crippen LogP contribution is 2.45. The van der Waals surface area contributed by atoms with Crippen molar-refractivity contribution in [2.45, 2.75) is 0 Å². The van der Waals surface area contributed by atoms with Gasteiger partial charge in [0.2, 0.25) is 0 Å². The maximum absolute atomic E-state index is 6.69. The van der Waals surface area contributed by atoms with Gasteiger partial charge in [0.1, 0.15) is 22.3 Å². The van der Waals surface area contributed by atoms with E-state index >= 15 is 0 Å². The van der Waals surface area contributed by atoms with Gasteiger partial charge in [0.05, 0.1) is 16.7 Å². The van der Waals surface area contributed by atoms with E-state index in [1.807, 2.05) is 54.6 Å². The molecule has 0 bridgehead atoms. The third kappa shape index (κ3) is 5.51. The van der Waals surface area contributed by atoms with E-state index in [-0.39, 0.29) is 0 Å². The van der Waals surface area contributed by atoms with Gasteiger partial charge < -0.3 is 13.4 Å². The molecule has 4 aromatic heterocycles. The number of hydrogen-bond acceptors (Lipinski definition) is 5. The molecule has 6 nitrogen and oxygen atoms in total. The second-order valence-corrected chi connectivity index (χ2v) is 16.7. The molecule has 0 aliphatic heterocycles. The van der Waals surface area contributed by atoms with Crippen molar-refractivity contribution in [3.8, 4) is 51.0 Å². The number of hydrogen-bond donors (Lipinski definition) is 0. The molecule has 65 heavy (non-hydrogen) atoms. The molecule has 0 radical (unpaired) electrons. The molecule has 14 rings (SSSR count). The number of furan rings is 2. The molecule has 0 spiro atoms. The van der Waals surface area contributed by atoms with Crippen LogP contribution in [0, 0.1) is 0 Å². The Hall–Kier alpha value is -8.87. The van der Waals surface area contributed by atoms with Crippen molar-refractivity contribution in [3.63, 3.8) is 0 Å². The summed E-state index contributed by atoms with van der Waals surface area (Å²) in [6.45, 7) is 0. The first-order chi connectivity index (χ1) is 32.2. The maximum Gasteiger partial charge on any atom is 0.164 e. The van der Waals surface area contributed by atoms with Crippen molar-refractivity contribution < 1.29 is 8.83 Å². The minimum Gasteiger partial charge on any atom is -0.456 e. The molecule has 302 valence electrons. The van der Waals surface area contributed by atoms with Crippen LogP contribution in [0.3, 0.4) is 0 Å². The van der Waals surface area contributed by atoms with E-state index in [0.29, 0.717) is 17.5 Å². The van der Waals surface area contributed by atoms with Gasteiger partial charge in [-0.25, -0.2) is 15.0 Å². The van der Waals surface area contributed by atoms with Crippen LogP contribution >= 0.6 is 0 Å². The lowest BCUT2D eigenvalue weighted by atomic mass is 9.94. The van der Waals surface area contributed by atoms with Gasteiger partial charge in [-0.05, 0) is 93.8 Å². The van der Waals surface area contributed by atoms with Gasteiger partial charge in [-0.2, -0.15) is 0 Å². The molecular formula is C59H34N4O2. The first kappa shape index (κ1) is 35.7. The number of benzene rings is 10. The summed E-state index contributed by atoms with van der Waals surface area (Å²) in [6.07, 6.45) is 0. The van der Waals surface area contributed by atoms with Crippen molar-refractivity contribution in [1.82, 2.24) is 19.5 Å². The predicted octanol–water partition coefficient (Wildman–Crippen LogP) is 15.7. The van der Waals surface area contributed by atoms with Crippen molar-refractivity contribution in [3.05, 3.63) is 206 Å². The molecule has 0 fully saturated rings. The van der Waals surface area contributed by atoms with E-state index in [1.165, 1.54) is 21.5 Å². The number of fused-ring (bicyclic) bond motifs is 12. The minimum absolute atomic E-state index is 0.561. The molecule has 0 atom stereocenters. The fraction of sp³-hybridized carbons (Fsp3) is 0. The van der Waals surface area contributed by atoms with E-state index in [1.54, 1.807) is 0 Å². The summed E-state index contributed by atoms with van der Waals surface area (Å²) in [5, 5.41) is 11.4. The van der Waals surface area contributed by atoms with Crippen LogP contribution in [0.4, 0.5) is 0 Å². The third-order valence-electron chi connectivity index (χ3n) is 13.0. The monoisotopic (exact) mass is 830 g/mol. The normalized spacial score (nSPS) is 12.0. The summed E-state index contributed by atoms with van der Waals surface area (Å²) in [5.74, 6) is 1.71. The first-order valence-electron chi connectivity index (χ1n) is 21.8. The number of nitrogens with zero attached hydrogens (tertiary/aromatic N) is 4. The van der Waals surface area contributed by atoms with Gasteiger partial charge in [0.25, 0.3) is 0 Å². The topological polar surface area (TPSA) is 69.9 Å². The Bertz CT molecular complexity index is 4250. The standard InChI is InChI=1S/C59H34N4O2/c1-2-14-36(15-3-1)57-60-58(62-59(61-57)40-25-28-44-43-20-9-11-23-51(43)64-54(44)34-40)39-26-29-49(63-48-22-10-8-19-42(48)46-31-37-16-4-5-17-38(37)33-50(46)63)47(32-39)45-21-12-24-52-56(45)55-41-18-7-6-13-35(41)27-30-53(55)65-52/h1-34H. The zero-order valence-corrected chi connectivity index (χ0v) is 34.7. The van der Waals surface area contributed by atoms with Crippen molar-refractivity contribution in [2.75, 3.05) is 0 Å². The quantitative estimate of drug-likeness (QED) is 0.173. The highest BCUT2D eigenvalue weighted by molar-refractivity contribution is 6.23. The van der Waals surface area contributed by atoms with Crippen LogP contribution in [-0.2, 0) is 0 Å². The highest BCUT2D eigenvalue weighted by Gasteiger charge is 2.23. The van der Waals surface area contributed by atoms with Crippen molar-refractivity contribution in [1.29, 1.82) is 0 Å². The Morgan fingerprint density at radius 3 is 1.77 bits per heavy atom. The summed E-state index contributed by atoms with van der Waals surface area (Å²) < 4.78 is 15.5. The fourth-order valence-corrected chi connectivity index (χ4v) is 10.0. The smallest absolute Gasteiger partial charge is 0.164 e. The maximum atomic E-state index is 6.69. The molecule has 0 saturated heterocycles. The average molecular weight is 831 g/mol. The predicted molar refractivity (Wildman–Crippen MR) is 265 cm³/mol. The zero-order valence-electron chi connectivity index (χ0n) is 34.7. The van der Waals surface area contributed by atoms with Crippen LogP contribution in [0.1, 0.15) is 0 Å². The summed E-state index contributed by atoms with van der Waals surface area (Å²) in [7, 11) is 0. The molecule has 0 aliphatic rings. The lowest BCUT2D eigenvalue weighted by Crippen LogP contribution is -2.02. The van der Waals surface area contributed by atoms with Gasteiger partial charge >= 0.3 is 0 Å². The molecule has 14 aromatic rings. The largest absolute Gasteiger partial charge is 0.456 e. The van der Waals surface area contributed by atoms with E-state index in [9.17, 15) is 0 Å². The molecule has 0 N–H and O–H groups in total. The Kier molecular flexibility index (Phi) is 7.59. The van der Waals surface area contributed by atoms with Gasteiger partial charge in [-0.3, -0.25) is 0 Å². The van der Waals surface area contributed by atoms with Crippen LogP contribution in [0.15, 0.2) is 215 Å². The molecule has 0 saturated carbocycles. The molecule has 10 aromatic carbocycles. The van der Waals surface area contributed by atoms with Crippen molar-refractivity contribution in [2.24, 2.45) is 0 Å². The summed E-state index contributed by atoms with van der Waals surface area (Å²) >= 11 is 0. The molecule has 4 heterocycles. The van der Waals surface area contributed by atoms with E-state index in [0.717, 1.165) is 99.2 Å². The van der Waals surface area contributed by atoms with Crippen LogP contribution < -0.4 is 0 Å². The van der Waals surface area contributed by atoms with Crippen LogP contribution in [0.25, 0.3) is 138 Å². The molecular weight excluding hydrogens is 797 g/mol. The fourth-order valence-electron chi connectivity index (χ4n) is 10.0. The summed E-state index contributed by atoms with van der Waals surface area (Å²) in [6, 6.07) is 72.3. The Morgan fingerprint density at radius 2 is 0.923 bits per heavy atom. The van der Waals surface area contributed by atoms with Gasteiger partial charge in [-0.1, -0.05) is 140 Å². The molecule has 0 amide bonds. The number of para-hydroxylation sites is 2. The van der Waals surface area contributed by atoms with E-state index in [2.05, 4.69) is 156 Å². The van der Waals surface area contributed by atoms with Gasteiger partial charge in [0.15, 0.2) is 17.5 Å². The molecule has 0 unspecified atom stereocenters. The summed E-state index contributed by atoms with van der Waals surface area (Å²) in [4.78, 5) is 15.6. The minimum atomic E-state index is 0.561. The van der Waals surface area contributed by atoms with E-state index < -0.39 is 0 Å². The second-order valence-electron chi connectivity index (χ2n) is 16.7. The molecule has 6 heteroatoms. The SMILES string of the molecule is c1ccc(-c2nc(-c3ccc(-n4c5ccccc5c5cc6ccccc6cc54)c(-c4cccc5oc6ccc7ccccc7c6c45)c3)nc(-c3ccc4c(c3)oc3ccccc34)n2)cc1. The summed E-state index contributed by atoms with van der Waals surface area (Å²) in [5.41, 5.74) is 11.3. The first-order valence-corrected chi connectivity index (χ1v) is 21.8. The highest BCUT2D eigenvalue weighted by atomic mass is 16.3. The second kappa shape index (κ2) is 13.8. The Labute approximate surface area is 371 Å². The number of rotatable bonds is 5.